The molecular weight excluding hydrogens is 178 g/mol. The Morgan fingerprint density at radius 1 is 1.83 bits per heavy atom. The first kappa shape index (κ1) is 9.05. The number of nitrogens with zero attached hydrogens (tertiary/aromatic N) is 2. The molecule has 6 heteroatoms. The van der Waals surface area contributed by atoms with Gasteiger partial charge < -0.3 is 4.74 Å². The van der Waals surface area contributed by atoms with Gasteiger partial charge in [-0.05, 0) is 6.92 Å². The SMILES string of the molecule is COC(=O)[C@@H](C)Sc1ncn[nH]1. The molecule has 0 aliphatic carbocycles. The number of rotatable bonds is 3. The van der Waals surface area contributed by atoms with Gasteiger partial charge in [-0.2, -0.15) is 5.10 Å². The highest BCUT2D eigenvalue weighted by atomic mass is 32.2. The van der Waals surface area contributed by atoms with Crippen LogP contribution in [0.3, 0.4) is 0 Å². The molecule has 1 atom stereocenters. The molecule has 0 saturated carbocycles. The minimum atomic E-state index is -0.267. The van der Waals surface area contributed by atoms with Gasteiger partial charge in [0, 0.05) is 0 Å². The second-order valence-electron chi connectivity index (χ2n) is 2.07. The molecule has 1 N–H and O–H groups in total. The van der Waals surface area contributed by atoms with Crippen molar-refractivity contribution in [3.63, 3.8) is 0 Å². The van der Waals surface area contributed by atoms with Crippen molar-refractivity contribution in [1.29, 1.82) is 0 Å². The van der Waals surface area contributed by atoms with Crippen LogP contribution in [0.4, 0.5) is 0 Å². The number of hydrogen-bond donors (Lipinski definition) is 1. The van der Waals surface area contributed by atoms with Gasteiger partial charge >= 0.3 is 5.97 Å². The second-order valence-corrected chi connectivity index (χ2v) is 3.40. The van der Waals surface area contributed by atoms with E-state index >= 15 is 0 Å². The normalized spacial score (nSPS) is 12.5. The highest BCUT2D eigenvalue weighted by Gasteiger charge is 2.15. The molecule has 0 spiro atoms. The highest BCUT2D eigenvalue weighted by Crippen LogP contribution is 2.18. The molecule has 0 aromatic carbocycles. The van der Waals surface area contributed by atoms with Crippen LogP contribution in [-0.2, 0) is 9.53 Å². The Labute approximate surface area is 73.9 Å². The van der Waals surface area contributed by atoms with Gasteiger partial charge in [-0.1, -0.05) is 11.8 Å². The third-order valence-corrected chi connectivity index (χ3v) is 2.18. The lowest BCUT2D eigenvalue weighted by atomic mass is 10.5. The maximum Gasteiger partial charge on any atom is 0.318 e. The van der Waals surface area contributed by atoms with Crippen LogP contribution in [0, 0.1) is 0 Å². The van der Waals surface area contributed by atoms with Crippen molar-refractivity contribution < 1.29 is 9.53 Å². The number of ether oxygens (including phenoxy) is 1. The smallest absolute Gasteiger partial charge is 0.318 e. The van der Waals surface area contributed by atoms with E-state index in [9.17, 15) is 4.79 Å². The average Bonchev–Trinajstić information content (AvgIpc) is 2.55. The largest absolute Gasteiger partial charge is 0.468 e. The van der Waals surface area contributed by atoms with Crippen molar-refractivity contribution in [1.82, 2.24) is 15.2 Å². The van der Waals surface area contributed by atoms with Crippen LogP contribution in [-0.4, -0.2) is 33.5 Å². The zero-order valence-corrected chi connectivity index (χ0v) is 7.59. The number of H-pyrrole nitrogens is 1. The molecular formula is C6H9N3O2S. The summed E-state index contributed by atoms with van der Waals surface area (Å²) in [5.41, 5.74) is 0. The molecule has 0 aliphatic heterocycles. The predicted molar refractivity (Wildman–Crippen MR) is 43.7 cm³/mol. The summed E-state index contributed by atoms with van der Waals surface area (Å²) >= 11 is 1.28. The average molecular weight is 187 g/mol. The van der Waals surface area contributed by atoms with Gasteiger partial charge in [0.05, 0.1) is 7.11 Å². The Morgan fingerprint density at radius 3 is 3.08 bits per heavy atom. The second kappa shape index (κ2) is 4.10. The van der Waals surface area contributed by atoms with Crippen molar-refractivity contribution >= 4 is 17.7 Å². The topological polar surface area (TPSA) is 67.9 Å². The lowest BCUT2D eigenvalue weighted by Crippen LogP contribution is -2.14. The fourth-order valence-corrected chi connectivity index (χ4v) is 1.37. The lowest BCUT2D eigenvalue weighted by Gasteiger charge is -2.04. The molecule has 66 valence electrons. The van der Waals surface area contributed by atoms with Crippen molar-refractivity contribution in [2.24, 2.45) is 0 Å². The Bertz CT molecular complexity index is 249. The lowest BCUT2D eigenvalue weighted by molar-refractivity contribution is -0.139. The number of methoxy groups -OCH3 is 1. The third-order valence-electron chi connectivity index (χ3n) is 1.21. The number of carbonyl (C=O) groups is 1. The number of thioether (sulfide) groups is 1. The van der Waals surface area contributed by atoms with Crippen LogP contribution in [0.2, 0.25) is 0 Å². The first-order valence-electron chi connectivity index (χ1n) is 3.34. The zero-order valence-electron chi connectivity index (χ0n) is 6.77. The monoisotopic (exact) mass is 187 g/mol. The van der Waals surface area contributed by atoms with E-state index in [0.29, 0.717) is 5.16 Å². The van der Waals surface area contributed by atoms with Crippen LogP contribution in [0.1, 0.15) is 6.92 Å². The van der Waals surface area contributed by atoms with E-state index in [1.54, 1.807) is 6.92 Å². The van der Waals surface area contributed by atoms with E-state index in [-0.39, 0.29) is 11.2 Å². The molecule has 0 unspecified atom stereocenters. The third kappa shape index (κ3) is 2.23. The van der Waals surface area contributed by atoms with Crippen molar-refractivity contribution in [2.75, 3.05) is 7.11 Å². The van der Waals surface area contributed by atoms with Gasteiger partial charge in [-0.15, -0.1) is 0 Å². The van der Waals surface area contributed by atoms with Crippen LogP contribution in [0.15, 0.2) is 11.5 Å². The highest BCUT2D eigenvalue weighted by molar-refractivity contribution is 8.00. The molecule has 5 nitrogen and oxygen atoms in total. The first-order valence-corrected chi connectivity index (χ1v) is 4.22. The summed E-state index contributed by atoms with van der Waals surface area (Å²) < 4.78 is 4.54. The molecule has 1 aromatic heterocycles. The molecule has 1 rings (SSSR count). The summed E-state index contributed by atoms with van der Waals surface area (Å²) in [5, 5.41) is 6.65. The quantitative estimate of drug-likeness (QED) is 0.550. The van der Waals surface area contributed by atoms with Crippen LogP contribution < -0.4 is 0 Å². The van der Waals surface area contributed by atoms with Gasteiger partial charge in [0.15, 0.2) is 5.16 Å². The number of aromatic nitrogens is 3. The molecule has 1 aromatic rings. The van der Waals surface area contributed by atoms with Crippen molar-refractivity contribution in [3.05, 3.63) is 6.33 Å². The molecule has 0 radical (unpaired) electrons. The molecule has 0 saturated heterocycles. The van der Waals surface area contributed by atoms with E-state index in [0.717, 1.165) is 0 Å². The van der Waals surface area contributed by atoms with Gasteiger partial charge in [-0.3, -0.25) is 9.89 Å². The minimum absolute atomic E-state index is 0.261. The summed E-state index contributed by atoms with van der Waals surface area (Å²) in [5.74, 6) is -0.267. The van der Waals surface area contributed by atoms with Gasteiger partial charge in [0.2, 0.25) is 0 Å². The number of hydrogen-bond acceptors (Lipinski definition) is 5. The summed E-state index contributed by atoms with van der Waals surface area (Å²) in [6.45, 7) is 1.75. The van der Waals surface area contributed by atoms with Gasteiger partial charge in [0.25, 0.3) is 0 Å². The Hall–Kier alpha value is -1.04. The van der Waals surface area contributed by atoms with Gasteiger partial charge in [0.1, 0.15) is 11.6 Å². The van der Waals surface area contributed by atoms with Crippen LogP contribution in [0.5, 0.6) is 0 Å². The molecule has 0 bridgehead atoms. The minimum Gasteiger partial charge on any atom is -0.468 e. The number of nitrogens with one attached hydrogen (secondary N) is 1. The van der Waals surface area contributed by atoms with E-state index in [1.165, 1.54) is 25.2 Å². The molecule has 0 aliphatic rings. The summed E-state index contributed by atoms with van der Waals surface area (Å²) in [6.07, 6.45) is 1.40. The number of carbonyl (C=O) groups excluding carboxylic acids is 1. The molecule has 1 heterocycles. The van der Waals surface area contributed by atoms with E-state index in [1.807, 2.05) is 0 Å². The maximum absolute atomic E-state index is 10.9. The maximum atomic E-state index is 10.9. The van der Waals surface area contributed by atoms with Crippen LogP contribution >= 0.6 is 11.8 Å². The van der Waals surface area contributed by atoms with E-state index in [2.05, 4.69) is 19.9 Å². The standard InChI is InChI=1S/C6H9N3O2S/c1-4(5(10)11-2)12-6-7-3-8-9-6/h3-4H,1-2H3,(H,7,8,9)/t4-/m1/s1. The fourth-order valence-electron chi connectivity index (χ4n) is 0.633. The summed E-state index contributed by atoms with van der Waals surface area (Å²) in [7, 11) is 1.36. The van der Waals surface area contributed by atoms with E-state index < -0.39 is 0 Å². The summed E-state index contributed by atoms with van der Waals surface area (Å²) in [6, 6.07) is 0. The number of aromatic amines is 1. The van der Waals surface area contributed by atoms with Crippen LogP contribution in [0.25, 0.3) is 0 Å². The predicted octanol–water partition coefficient (Wildman–Crippen LogP) is 0.458. The molecule has 0 amide bonds. The zero-order chi connectivity index (χ0) is 8.97. The molecule has 12 heavy (non-hydrogen) atoms. The Kier molecular flexibility index (Phi) is 3.09. The first-order chi connectivity index (χ1) is 5.74. The Balaban J connectivity index is 2.47. The van der Waals surface area contributed by atoms with Gasteiger partial charge in [-0.25, -0.2) is 4.98 Å². The number of esters is 1. The fraction of sp³-hybridized carbons (Fsp3) is 0.500. The summed E-state index contributed by atoms with van der Waals surface area (Å²) in [4.78, 5) is 14.8. The Morgan fingerprint density at radius 2 is 2.58 bits per heavy atom. The van der Waals surface area contributed by atoms with Crippen molar-refractivity contribution in [3.8, 4) is 0 Å². The molecule has 0 fully saturated rings. The van der Waals surface area contributed by atoms with Crippen molar-refractivity contribution in [2.45, 2.75) is 17.3 Å². The van der Waals surface area contributed by atoms with E-state index in [4.69, 9.17) is 0 Å².